The largest absolute Gasteiger partial charge is 0.465 e. The average molecular weight is 402 g/mol. The van der Waals surface area contributed by atoms with Crippen molar-refractivity contribution in [3.8, 4) is 0 Å². The molecule has 3 rings (SSSR count). The first-order valence-corrected chi connectivity index (χ1v) is 11.1. The summed E-state index contributed by atoms with van der Waals surface area (Å²) in [5, 5.41) is 0. The minimum atomic E-state index is -3.71. The number of ether oxygens (including phenoxy) is 1. The second-order valence-electron chi connectivity index (χ2n) is 7.36. The maximum absolute atomic E-state index is 13.1. The number of piperidine rings is 1. The molecule has 1 heterocycles. The Balaban J connectivity index is 1.62. The summed E-state index contributed by atoms with van der Waals surface area (Å²) in [5.74, 6) is -0.115. The van der Waals surface area contributed by atoms with Gasteiger partial charge in [-0.15, -0.1) is 0 Å². The summed E-state index contributed by atoms with van der Waals surface area (Å²) in [4.78, 5) is 12.0. The Hall–Kier alpha value is -2.18. The second kappa shape index (κ2) is 8.88. The van der Waals surface area contributed by atoms with Gasteiger partial charge in [0.05, 0.1) is 17.6 Å². The number of rotatable bonds is 6. The number of benzene rings is 2. The summed E-state index contributed by atoms with van der Waals surface area (Å²) in [6, 6.07) is 14.8. The third-order valence-electron chi connectivity index (χ3n) is 5.45. The number of hydrogen-bond acceptors (Lipinski definition) is 4. The van der Waals surface area contributed by atoms with E-state index in [2.05, 4.69) is 31.2 Å². The second-order valence-corrected chi connectivity index (χ2v) is 9.27. The lowest BCUT2D eigenvalue weighted by Crippen LogP contribution is -2.39. The van der Waals surface area contributed by atoms with Crippen molar-refractivity contribution in [2.24, 2.45) is 5.92 Å². The first-order chi connectivity index (χ1) is 13.4. The molecule has 0 spiro atoms. The van der Waals surface area contributed by atoms with Gasteiger partial charge in [0.25, 0.3) is 0 Å². The molecule has 0 bridgehead atoms. The van der Waals surface area contributed by atoms with Crippen LogP contribution >= 0.6 is 0 Å². The molecule has 0 amide bonds. The fraction of sp³-hybridized carbons (Fsp3) is 0.409. The minimum Gasteiger partial charge on any atom is -0.465 e. The number of esters is 1. The fourth-order valence-corrected chi connectivity index (χ4v) is 5.32. The molecule has 0 N–H and O–H groups in total. The lowest BCUT2D eigenvalue weighted by atomic mass is 9.91. The van der Waals surface area contributed by atoms with Gasteiger partial charge in [-0.1, -0.05) is 42.0 Å². The molecule has 2 aromatic carbocycles. The van der Waals surface area contributed by atoms with Crippen LogP contribution in [0.15, 0.2) is 53.4 Å². The van der Waals surface area contributed by atoms with Crippen molar-refractivity contribution < 1.29 is 17.9 Å². The van der Waals surface area contributed by atoms with Crippen LogP contribution < -0.4 is 0 Å². The number of carbonyl (C=O) groups is 1. The van der Waals surface area contributed by atoms with Crippen molar-refractivity contribution in [3.63, 3.8) is 0 Å². The lowest BCUT2D eigenvalue weighted by molar-refractivity contribution is 0.0596. The first kappa shape index (κ1) is 20.6. The first-order valence-electron chi connectivity index (χ1n) is 9.65. The number of methoxy groups -OCH3 is 1. The Morgan fingerprint density at radius 1 is 1.07 bits per heavy atom. The van der Waals surface area contributed by atoms with Crippen LogP contribution in [0.1, 0.15) is 40.7 Å². The molecular formula is C22H27NO4S. The third-order valence-corrected chi connectivity index (χ3v) is 7.40. The van der Waals surface area contributed by atoms with Crippen LogP contribution in [0.2, 0.25) is 0 Å². The topological polar surface area (TPSA) is 63.7 Å². The highest BCUT2D eigenvalue weighted by atomic mass is 32.2. The van der Waals surface area contributed by atoms with Gasteiger partial charge < -0.3 is 4.74 Å². The van der Waals surface area contributed by atoms with Gasteiger partial charge in [-0.2, -0.15) is 4.31 Å². The van der Waals surface area contributed by atoms with E-state index in [4.69, 9.17) is 4.74 Å². The van der Waals surface area contributed by atoms with Gasteiger partial charge in [-0.05, 0) is 56.2 Å². The zero-order chi connectivity index (χ0) is 20.1. The van der Waals surface area contributed by atoms with Crippen LogP contribution in [-0.4, -0.2) is 38.9 Å². The number of carbonyl (C=O) groups excluding carboxylic acids is 1. The van der Waals surface area contributed by atoms with E-state index in [0.29, 0.717) is 19.0 Å². The molecule has 0 unspecified atom stereocenters. The molecule has 28 heavy (non-hydrogen) atoms. The van der Waals surface area contributed by atoms with E-state index < -0.39 is 16.0 Å². The third kappa shape index (κ3) is 4.62. The molecule has 1 aliphatic heterocycles. The molecule has 1 fully saturated rings. The van der Waals surface area contributed by atoms with Crippen molar-refractivity contribution in [1.82, 2.24) is 4.31 Å². The normalized spacial score (nSPS) is 16.1. The number of hydrogen-bond donors (Lipinski definition) is 0. The van der Waals surface area contributed by atoms with Crippen LogP contribution in [0.5, 0.6) is 0 Å². The van der Waals surface area contributed by atoms with Gasteiger partial charge in [-0.3, -0.25) is 0 Å². The quantitative estimate of drug-likeness (QED) is 0.691. The highest BCUT2D eigenvalue weighted by molar-refractivity contribution is 7.89. The molecule has 0 radical (unpaired) electrons. The summed E-state index contributed by atoms with van der Waals surface area (Å²) in [5.41, 5.74) is 2.67. The van der Waals surface area contributed by atoms with Gasteiger partial charge in [0.15, 0.2) is 0 Å². The van der Waals surface area contributed by atoms with E-state index in [0.717, 1.165) is 25.7 Å². The summed E-state index contributed by atoms with van der Waals surface area (Å²) in [6.45, 7) is 3.05. The number of sulfonamides is 1. The van der Waals surface area contributed by atoms with Crippen molar-refractivity contribution in [1.29, 1.82) is 0 Å². The highest BCUT2D eigenvalue weighted by Crippen LogP contribution is 2.28. The Kier molecular flexibility index (Phi) is 6.52. The van der Waals surface area contributed by atoms with Crippen LogP contribution in [0, 0.1) is 12.8 Å². The van der Waals surface area contributed by atoms with Crippen molar-refractivity contribution in [2.45, 2.75) is 37.5 Å². The van der Waals surface area contributed by atoms with Crippen molar-refractivity contribution in [2.75, 3.05) is 20.2 Å². The van der Waals surface area contributed by atoms with Gasteiger partial charge in [-0.25, -0.2) is 13.2 Å². The molecule has 0 saturated carbocycles. The summed E-state index contributed by atoms with van der Waals surface area (Å²) >= 11 is 0. The van der Waals surface area contributed by atoms with E-state index in [9.17, 15) is 13.2 Å². The van der Waals surface area contributed by atoms with E-state index >= 15 is 0 Å². The maximum atomic E-state index is 13.1. The molecule has 2 aromatic rings. The number of nitrogens with zero attached hydrogens (tertiary/aromatic N) is 1. The van der Waals surface area contributed by atoms with Crippen molar-refractivity contribution >= 4 is 16.0 Å². The Morgan fingerprint density at radius 2 is 1.71 bits per heavy atom. The molecular weight excluding hydrogens is 374 g/mol. The molecule has 1 aliphatic rings. The van der Waals surface area contributed by atoms with E-state index in [1.54, 1.807) is 12.1 Å². The van der Waals surface area contributed by atoms with Gasteiger partial charge in [0, 0.05) is 13.1 Å². The Labute approximate surface area is 167 Å². The standard InChI is InChI=1S/C22H27NO4S/c1-17-7-9-18(10-8-17)11-12-19-13-15-23(16-14-19)28(25,26)21-6-4-3-5-20(21)22(24)27-2/h3-10,19H,11-16H2,1-2H3. The number of aryl methyl sites for hydroxylation is 2. The predicted octanol–water partition coefficient (Wildman–Crippen LogP) is 3.82. The zero-order valence-corrected chi connectivity index (χ0v) is 17.2. The SMILES string of the molecule is COC(=O)c1ccccc1S(=O)(=O)N1CCC(CCc2ccc(C)cc2)CC1. The lowest BCUT2D eigenvalue weighted by Gasteiger charge is -2.31. The van der Waals surface area contributed by atoms with Crippen LogP contribution in [0.25, 0.3) is 0 Å². The van der Waals surface area contributed by atoms with Gasteiger partial charge in [0.2, 0.25) is 10.0 Å². The summed E-state index contributed by atoms with van der Waals surface area (Å²) in [6.07, 6.45) is 3.76. The zero-order valence-electron chi connectivity index (χ0n) is 16.4. The average Bonchev–Trinajstić information content (AvgIpc) is 2.73. The Morgan fingerprint density at radius 3 is 2.36 bits per heavy atom. The smallest absolute Gasteiger partial charge is 0.339 e. The monoisotopic (exact) mass is 401 g/mol. The van der Waals surface area contributed by atoms with Gasteiger partial charge in [0.1, 0.15) is 0 Å². The van der Waals surface area contributed by atoms with E-state index in [1.807, 2.05) is 0 Å². The van der Waals surface area contributed by atoms with Crippen LogP contribution in [0.3, 0.4) is 0 Å². The van der Waals surface area contributed by atoms with Crippen LogP contribution in [0.4, 0.5) is 0 Å². The fourth-order valence-electron chi connectivity index (χ4n) is 3.67. The molecule has 1 saturated heterocycles. The van der Waals surface area contributed by atoms with Gasteiger partial charge >= 0.3 is 5.97 Å². The molecule has 6 heteroatoms. The molecule has 0 atom stereocenters. The molecule has 0 aliphatic carbocycles. The molecule has 150 valence electrons. The van der Waals surface area contributed by atoms with Crippen molar-refractivity contribution in [3.05, 3.63) is 65.2 Å². The van der Waals surface area contributed by atoms with Crippen LogP contribution in [-0.2, 0) is 21.2 Å². The molecule has 5 nitrogen and oxygen atoms in total. The van der Waals surface area contributed by atoms with E-state index in [1.165, 1.54) is 34.7 Å². The maximum Gasteiger partial charge on any atom is 0.339 e. The summed E-state index contributed by atoms with van der Waals surface area (Å²) in [7, 11) is -2.46. The minimum absolute atomic E-state index is 0.0277. The van der Waals surface area contributed by atoms with E-state index in [-0.39, 0.29) is 10.5 Å². The summed E-state index contributed by atoms with van der Waals surface area (Å²) < 4.78 is 32.4. The molecule has 0 aromatic heterocycles. The predicted molar refractivity (Wildman–Crippen MR) is 109 cm³/mol. The Bertz CT molecular complexity index is 914. The highest BCUT2D eigenvalue weighted by Gasteiger charge is 2.32.